The number of hydrogen-bond donors (Lipinski definition) is 2. The van der Waals surface area contributed by atoms with Gasteiger partial charge in [0.15, 0.2) is 0 Å². The topological polar surface area (TPSA) is 38.0 Å². The Kier molecular flexibility index (Phi) is 3.60. The third-order valence-electron chi connectivity index (χ3n) is 2.48. The summed E-state index contributed by atoms with van der Waals surface area (Å²) in [6.45, 7) is 2.03. The fourth-order valence-corrected chi connectivity index (χ4v) is 2.06. The molecule has 0 spiro atoms. The van der Waals surface area contributed by atoms with Crippen LogP contribution in [0.1, 0.15) is 5.56 Å². The van der Waals surface area contributed by atoms with Gasteiger partial charge in [0.2, 0.25) is 0 Å². The summed E-state index contributed by atoms with van der Waals surface area (Å²) in [6.07, 6.45) is 0. The Morgan fingerprint density at radius 1 is 1.18 bits per heavy atom. The quantitative estimate of drug-likeness (QED) is 0.786. The molecule has 4 heteroatoms. The second-order valence-corrected chi connectivity index (χ2v) is 5.00. The standard InChI is InChI=1S/C13H12BrClN2/c1-8-5-6-9(16)7-12(8)17-11-4-2-3-10(15)13(11)14/h2-7,17H,16H2,1H3. The minimum Gasteiger partial charge on any atom is -0.399 e. The third-order valence-corrected chi connectivity index (χ3v) is 3.88. The van der Waals surface area contributed by atoms with Gasteiger partial charge in [-0.05, 0) is 52.7 Å². The number of aryl methyl sites for hydroxylation is 1. The van der Waals surface area contributed by atoms with E-state index in [1.165, 1.54) is 0 Å². The molecule has 0 aliphatic rings. The lowest BCUT2D eigenvalue weighted by Crippen LogP contribution is -1.96. The van der Waals surface area contributed by atoms with Crippen LogP contribution in [-0.4, -0.2) is 0 Å². The average molecular weight is 312 g/mol. The molecule has 2 rings (SSSR count). The fourth-order valence-electron chi connectivity index (χ4n) is 1.52. The largest absolute Gasteiger partial charge is 0.399 e. The van der Waals surface area contributed by atoms with Gasteiger partial charge in [-0.3, -0.25) is 0 Å². The number of benzene rings is 2. The lowest BCUT2D eigenvalue weighted by atomic mass is 10.1. The van der Waals surface area contributed by atoms with Crippen molar-refractivity contribution >= 4 is 44.6 Å². The normalized spacial score (nSPS) is 10.3. The first kappa shape index (κ1) is 12.3. The van der Waals surface area contributed by atoms with Crippen molar-refractivity contribution in [2.24, 2.45) is 0 Å². The second kappa shape index (κ2) is 4.98. The number of nitrogens with two attached hydrogens (primary N) is 1. The number of hydrogen-bond acceptors (Lipinski definition) is 2. The van der Waals surface area contributed by atoms with Crippen LogP contribution < -0.4 is 11.1 Å². The van der Waals surface area contributed by atoms with Gasteiger partial charge in [0, 0.05) is 11.4 Å². The van der Waals surface area contributed by atoms with Crippen molar-refractivity contribution in [2.75, 3.05) is 11.1 Å². The molecular weight excluding hydrogens is 300 g/mol. The monoisotopic (exact) mass is 310 g/mol. The van der Waals surface area contributed by atoms with Gasteiger partial charge in [0.1, 0.15) is 0 Å². The van der Waals surface area contributed by atoms with Crippen LogP contribution in [0.5, 0.6) is 0 Å². The summed E-state index contributed by atoms with van der Waals surface area (Å²) in [5.74, 6) is 0. The second-order valence-electron chi connectivity index (χ2n) is 3.80. The van der Waals surface area contributed by atoms with Gasteiger partial charge in [-0.2, -0.15) is 0 Å². The number of rotatable bonds is 2. The molecular formula is C13H12BrClN2. The van der Waals surface area contributed by atoms with Crippen molar-refractivity contribution < 1.29 is 0 Å². The molecule has 0 saturated heterocycles. The van der Waals surface area contributed by atoms with Crippen LogP contribution >= 0.6 is 27.5 Å². The zero-order chi connectivity index (χ0) is 12.4. The maximum absolute atomic E-state index is 6.04. The van der Waals surface area contributed by atoms with E-state index < -0.39 is 0 Å². The molecule has 0 saturated carbocycles. The van der Waals surface area contributed by atoms with E-state index in [2.05, 4.69) is 21.2 Å². The first-order valence-electron chi connectivity index (χ1n) is 5.15. The summed E-state index contributed by atoms with van der Waals surface area (Å²) < 4.78 is 0.850. The first-order chi connectivity index (χ1) is 8.08. The Bertz CT molecular complexity index is 555. The summed E-state index contributed by atoms with van der Waals surface area (Å²) >= 11 is 9.49. The number of nitrogens with one attached hydrogen (secondary N) is 1. The van der Waals surface area contributed by atoms with Gasteiger partial charge in [0.05, 0.1) is 15.2 Å². The molecule has 2 nitrogen and oxygen atoms in total. The van der Waals surface area contributed by atoms with E-state index in [1.807, 2.05) is 43.3 Å². The van der Waals surface area contributed by atoms with Crippen LogP contribution in [0.25, 0.3) is 0 Å². The Balaban J connectivity index is 2.38. The molecule has 0 heterocycles. The predicted molar refractivity (Wildman–Crippen MR) is 78.0 cm³/mol. The highest BCUT2D eigenvalue weighted by Crippen LogP contribution is 2.33. The fraction of sp³-hybridized carbons (Fsp3) is 0.0769. The molecule has 0 aliphatic carbocycles. The van der Waals surface area contributed by atoms with Gasteiger partial charge in [-0.1, -0.05) is 23.7 Å². The summed E-state index contributed by atoms with van der Waals surface area (Å²) in [7, 11) is 0. The van der Waals surface area contributed by atoms with Crippen LogP contribution in [0.3, 0.4) is 0 Å². The molecule has 0 radical (unpaired) electrons. The molecule has 0 fully saturated rings. The van der Waals surface area contributed by atoms with E-state index in [0.29, 0.717) is 5.02 Å². The van der Waals surface area contributed by atoms with Crippen molar-refractivity contribution in [1.29, 1.82) is 0 Å². The van der Waals surface area contributed by atoms with E-state index >= 15 is 0 Å². The Morgan fingerprint density at radius 3 is 2.71 bits per heavy atom. The van der Waals surface area contributed by atoms with Gasteiger partial charge in [-0.15, -0.1) is 0 Å². The maximum Gasteiger partial charge on any atom is 0.0596 e. The van der Waals surface area contributed by atoms with E-state index in [4.69, 9.17) is 17.3 Å². The maximum atomic E-state index is 6.04. The van der Waals surface area contributed by atoms with Gasteiger partial charge >= 0.3 is 0 Å². The van der Waals surface area contributed by atoms with Crippen LogP contribution in [0, 0.1) is 6.92 Å². The molecule has 0 bridgehead atoms. The van der Waals surface area contributed by atoms with Crippen LogP contribution in [0.4, 0.5) is 17.1 Å². The lowest BCUT2D eigenvalue weighted by Gasteiger charge is -2.12. The summed E-state index contributed by atoms with van der Waals surface area (Å²) in [5, 5.41) is 3.99. The van der Waals surface area contributed by atoms with E-state index in [-0.39, 0.29) is 0 Å². The Morgan fingerprint density at radius 2 is 1.94 bits per heavy atom. The lowest BCUT2D eigenvalue weighted by molar-refractivity contribution is 1.42. The highest BCUT2D eigenvalue weighted by atomic mass is 79.9. The summed E-state index contributed by atoms with van der Waals surface area (Å²) in [5.41, 5.74) is 9.54. The molecule has 2 aromatic rings. The summed E-state index contributed by atoms with van der Waals surface area (Å²) in [6, 6.07) is 11.5. The van der Waals surface area contributed by atoms with Gasteiger partial charge in [-0.25, -0.2) is 0 Å². The van der Waals surface area contributed by atoms with Crippen LogP contribution in [-0.2, 0) is 0 Å². The van der Waals surface area contributed by atoms with E-state index in [1.54, 1.807) is 0 Å². The smallest absolute Gasteiger partial charge is 0.0596 e. The summed E-state index contributed by atoms with van der Waals surface area (Å²) in [4.78, 5) is 0. The molecule has 2 aromatic carbocycles. The van der Waals surface area contributed by atoms with E-state index in [0.717, 1.165) is 27.1 Å². The molecule has 0 amide bonds. The highest BCUT2D eigenvalue weighted by molar-refractivity contribution is 9.10. The van der Waals surface area contributed by atoms with Gasteiger partial charge < -0.3 is 11.1 Å². The minimum atomic E-state index is 0.677. The molecule has 0 atom stereocenters. The van der Waals surface area contributed by atoms with E-state index in [9.17, 15) is 0 Å². The van der Waals surface area contributed by atoms with Crippen molar-refractivity contribution in [2.45, 2.75) is 6.92 Å². The minimum absolute atomic E-state index is 0.677. The van der Waals surface area contributed by atoms with Crippen molar-refractivity contribution in [3.05, 3.63) is 51.5 Å². The third kappa shape index (κ3) is 2.73. The number of halogens is 2. The predicted octanol–water partition coefficient (Wildman–Crippen LogP) is 4.74. The molecule has 88 valence electrons. The van der Waals surface area contributed by atoms with Crippen molar-refractivity contribution in [3.63, 3.8) is 0 Å². The van der Waals surface area contributed by atoms with Gasteiger partial charge in [0.25, 0.3) is 0 Å². The van der Waals surface area contributed by atoms with Crippen LogP contribution in [0.15, 0.2) is 40.9 Å². The average Bonchev–Trinajstić information content (AvgIpc) is 2.30. The molecule has 3 N–H and O–H groups in total. The Labute approximate surface area is 114 Å². The number of anilines is 3. The SMILES string of the molecule is Cc1ccc(N)cc1Nc1cccc(Cl)c1Br. The molecule has 0 aromatic heterocycles. The van der Waals surface area contributed by atoms with Crippen molar-refractivity contribution in [3.8, 4) is 0 Å². The van der Waals surface area contributed by atoms with Crippen molar-refractivity contribution in [1.82, 2.24) is 0 Å². The highest BCUT2D eigenvalue weighted by Gasteiger charge is 2.05. The molecule has 0 unspecified atom stereocenters. The number of nitrogen functional groups attached to an aromatic ring is 1. The zero-order valence-corrected chi connectivity index (χ0v) is 11.6. The Hall–Kier alpha value is -1.19. The van der Waals surface area contributed by atoms with Crippen LogP contribution in [0.2, 0.25) is 5.02 Å². The molecule has 17 heavy (non-hydrogen) atoms. The molecule has 0 aliphatic heterocycles. The first-order valence-corrected chi connectivity index (χ1v) is 6.32. The zero-order valence-electron chi connectivity index (χ0n) is 9.30.